The SMILES string of the molecule is O=C1C(N2CCc3sccc3C2)CCN1C1CC1. The van der Waals surface area contributed by atoms with E-state index in [1.165, 1.54) is 23.3 Å². The average Bonchev–Trinajstić information content (AvgIpc) is 2.99. The quantitative estimate of drug-likeness (QED) is 0.812. The molecule has 96 valence electrons. The molecule has 0 radical (unpaired) electrons. The predicted octanol–water partition coefficient (Wildman–Crippen LogP) is 1.87. The molecule has 0 bridgehead atoms. The second-order valence-electron chi connectivity index (χ2n) is 5.66. The van der Waals surface area contributed by atoms with Crippen molar-refractivity contribution in [3.8, 4) is 0 Å². The van der Waals surface area contributed by atoms with Gasteiger partial charge in [0, 0.05) is 30.6 Å². The lowest BCUT2D eigenvalue weighted by Gasteiger charge is -2.31. The van der Waals surface area contributed by atoms with Crippen molar-refractivity contribution in [2.24, 2.45) is 0 Å². The van der Waals surface area contributed by atoms with E-state index in [-0.39, 0.29) is 6.04 Å². The van der Waals surface area contributed by atoms with Gasteiger partial charge in [-0.2, -0.15) is 0 Å². The Morgan fingerprint density at radius 2 is 2.11 bits per heavy atom. The third kappa shape index (κ3) is 1.70. The Hall–Kier alpha value is -0.870. The summed E-state index contributed by atoms with van der Waals surface area (Å²) in [6.45, 7) is 3.03. The Morgan fingerprint density at radius 1 is 1.22 bits per heavy atom. The summed E-state index contributed by atoms with van der Waals surface area (Å²) in [4.78, 5) is 18.5. The number of thiophene rings is 1. The van der Waals surface area contributed by atoms with Crippen molar-refractivity contribution in [3.05, 3.63) is 21.9 Å². The molecule has 4 heteroatoms. The first-order chi connectivity index (χ1) is 8.83. The van der Waals surface area contributed by atoms with Gasteiger partial charge in [-0.25, -0.2) is 0 Å². The second kappa shape index (κ2) is 4.07. The van der Waals surface area contributed by atoms with Crippen LogP contribution in [-0.4, -0.2) is 40.9 Å². The summed E-state index contributed by atoms with van der Waals surface area (Å²) < 4.78 is 0. The highest BCUT2D eigenvalue weighted by molar-refractivity contribution is 7.10. The molecule has 2 aliphatic heterocycles. The summed E-state index contributed by atoms with van der Waals surface area (Å²) in [6.07, 6.45) is 4.62. The molecule has 0 N–H and O–H groups in total. The fourth-order valence-corrected chi connectivity index (χ4v) is 4.20. The Kier molecular flexibility index (Phi) is 2.49. The highest BCUT2D eigenvalue weighted by Gasteiger charge is 2.43. The molecule has 4 rings (SSSR count). The molecule has 1 aromatic heterocycles. The lowest BCUT2D eigenvalue weighted by molar-refractivity contribution is -0.132. The largest absolute Gasteiger partial charge is 0.338 e. The van der Waals surface area contributed by atoms with Crippen molar-refractivity contribution < 1.29 is 4.79 Å². The summed E-state index contributed by atoms with van der Waals surface area (Å²) in [5.74, 6) is 0.399. The Labute approximate surface area is 111 Å². The van der Waals surface area contributed by atoms with Gasteiger partial charge in [0.05, 0.1) is 6.04 Å². The van der Waals surface area contributed by atoms with Crippen molar-refractivity contribution >= 4 is 17.2 Å². The first kappa shape index (κ1) is 11.0. The lowest BCUT2D eigenvalue weighted by Crippen LogP contribution is -2.44. The molecule has 2 fully saturated rings. The molecule has 1 aromatic rings. The Balaban J connectivity index is 1.50. The van der Waals surface area contributed by atoms with Gasteiger partial charge >= 0.3 is 0 Å². The van der Waals surface area contributed by atoms with Gasteiger partial charge in [0.15, 0.2) is 0 Å². The van der Waals surface area contributed by atoms with Crippen LogP contribution in [0.4, 0.5) is 0 Å². The Morgan fingerprint density at radius 3 is 2.94 bits per heavy atom. The minimum atomic E-state index is 0.165. The van der Waals surface area contributed by atoms with Crippen molar-refractivity contribution in [3.63, 3.8) is 0 Å². The van der Waals surface area contributed by atoms with E-state index in [9.17, 15) is 4.79 Å². The minimum absolute atomic E-state index is 0.165. The number of likely N-dealkylation sites (tertiary alicyclic amines) is 1. The summed E-state index contributed by atoms with van der Waals surface area (Å²) in [5, 5.41) is 2.18. The van der Waals surface area contributed by atoms with E-state index >= 15 is 0 Å². The van der Waals surface area contributed by atoms with E-state index in [1.54, 1.807) is 0 Å². The topological polar surface area (TPSA) is 23.6 Å². The fraction of sp³-hybridized carbons (Fsp3) is 0.643. The number of nitrogens with zero attached hydrogens (tertiary/aromatic N) is 2. The summed E-state index contributed by atoms with van der Waals surface area (Å²) in [5.41, 5.74) is 1.45. The molecule has 1 saturated carbocycles. The zero-order valence-corrected chi connectivity index (χ0v) is 11.3. The van der Waals surface area contributed by atoms with Crippen LogP contribution in [0.15, 0.2) is 11.4 Å². The molecule has 3 aliphatic rings. The number of hydrogen-bond donors (Lipinski definition) is 0. The summed E-state index contributed by atoms with van der Waals surface area (Å²) >= 11 is 1.86. The molecule has 1 aliphatic carbocycles. The molecule has 18 heavy (non-hydrogen) atoms. The van der Waals surface area contributed by atoms with Crippen molar-refractivity contribution in [1.82, 2.24) is 9.80 Å². The molecular weight excluding hydrogens is 244 g/mol. The predicted molar refractivity (Wildman–Crippen MR) is 71.6 cm³/mol. The zero-order chi connectivity index (χ0) is 12.1. The smallest absolute Gasteiger partial charge is 0.240 e. The number of fused-ring (bicyclic) bond motifs is 1. The van der Waals surface area contributed by atoms with Crippen LogP contribution < -0.4 is 0 Å². The zero-order valence-electron chi connectivity index (χ0n) is 10.5. The van der Waals surface area contributed by atoms with Gasteiger partial charge in [0.25, 0.3) is 0 Å². The van der Waals surface area contributed by atoms with Crippen molar-refractivity contribution in [2.75, 3.05) is 13.1 Å². The fourth-order valence-electron chi connectivity index (χ4n) is 3.31. The number of rotatable bonds is 2. The first-order valence-electron chi connectivity index (χ1n) is 6.93. The van der Waals surface area contributed by atoms with E-state index in [0.717, 1.165) is 32.5 Å². The lowest BCUT2D eigenvalue weighted by atomic mass is 10.1. The van der Waals surface area contributed by atoms with Crippen LogP contribution in [0.5, 0.6) is 0 Å². The standard InChI is InChI=1S/C14H18N2OS/c17-14-12(3-7-16(14)11-1-2-11)15-6-4-13-10(9-15)5-8-18-13/h5,8,11-12H,1-4,6-7,9H2. The molecule has 0 spiro atoms. The molecule has 1 atom stereocenters. The van der Waals surface area contributed by atoms with Crippen LogP contribution in [0.3, 0.4) is 0 Å². The highest BCUT2D eigenvalue weighted by Crippen LogP contribution is 2.34. The van der Waals surface area contributed by atoms with Gasteiger partial charge < -0.3 is 4.90 Å². The van der Waals surface area contributed by atoms with Crippen LogP contribution in [0.2, 0.25) is 0 Å². The highest BCUT2D eigenvalue weighted by atomic mass is 32.1. The van der Waals surface area contributed by atoms with E-state index in [0.29, 0.717) is 11.9 Å². The van der Waals surface area contributed by atoms with Gasteiger partial charge in [-0.3, -0.25) is 9.69 Å². The van der Waals surface area contributed by atoms with E-state index in [4.69, 9.17) is 0 Å². The van der Waals surface area contributed by atoms with Gasteiger partial charge in [0.1, 0.15) is 0 Å². The molecule has 3 heterocycles. The average molecular weight is 262 g/mol. The number of carbonyl (C=O) groups is 1. The van der Waals surface area contributed by atoms with Gasteiger partial charge in [-0.05, 0) is 42.7 Å². The summed E-state index contributed by atoms with van der Waals surface area (Å²) in [6, 6.07) is 2.98. The van der Waals surface area contributed by atoms with Crippen LogP contribution in [0, 0.1) is 0 Å². The molecular formula is C14H18N2OS. The molecule has 1 amide bonds. The first-order valence-corrected chi connectivity index (χ1v) is 7.80. The molecule has 1 unspecified atom stereocenters. The number of carbonyl (C=O) groups excluding carboxylic acids is 1. The monoisotopic (exact) mass is 262 g/mol. The van der Waals surface area contributed by atoms with E-state index in [1.807, 2.05) is 11.3 Å². The van der Waals surface area contributed by atoms with Crippen LogP contribution in [0.1, 0.15) is 29.7 Å². The van der Waals surface area contributed by atoms with E-state index in [2.05, 4.69) is 21.2 Å². The van der Waals surface area contributed by atoms with Crippen LogP contribution >= 0.6 is 11.3 Å². The van der Waals surface area contributed by atoms with Crippen LogP contribution in [0.25, 0.3) is 0 Å². The Bertz CT molecular complexity index is 480. The third-order valence-corrected chi connectivity index (χ3v) is 5.50. The third-order valence-electron chi connectivity index (χ3n) is 4.48. The molecule has 0 aromatic carbocycles. The maximum Gasteiger partial charge on any atom is 0.240 e. The van der Waals surface area contributed by atoms with Crippen LogP contribution in [-0.2, 0) is 17.8 Å². The van der Waals surface area contributed by atoms with Crippen molar-refractivity contribution in [1.29, 1.82) is 0 Å². The van der Waals surface area contributed by atoms with Crippen molar-refractivity contribution in [2.45, 2.75) is 44.3 Å². The molecule has 1 saturated heterocycles. The summed E-state index contributed by atoms with van der Waals surface area (Å²) in [7, 11) is 0. The number of amides is 1. The van der Waals surface area contributed by atoms with Gasteiger partial charge in [0.2, 0.25) is 5.91 Å². The van der Waals surface area contributed by atoms with Gasteiger partial charge in [-0.1, -0.05) is 0 Å². The number of hydrogen-bond acceptors (Lipinski definition) is 3. The van der Waals surface area contributed by atoms with E-state index < -0.39 is 0 Å². The normalized spacial score (nSPS) is 28.8. The minimum Gasteiger partial charge on any atom is -0.338 e. The van der Waals surface area contributed by atoms with Gasteiger partial charge in [-0.15, -0.1) is 11.3 Å². The maximum atomic E-state index is 12.4. The second-order valence-corrected chi connectivity index (χ2v) is 6.66. The molecule has 3 nitrogen and oxygen atoms in total. The maximum absolute atomic E-state index is 12.4.